The SMILES string of the molecule is CCN(C(=O)C(CC(C)C)Oc1ccc(C#N)c(C(F)(F)F)c1)C1CC1. The minimum absolute atomic E-state index is 0.0535. The van der Waals surface area contributed by atoms with Crippen LogP contribution in [0.4, 0.5) is 13.2 Å². The summed E-state index contributed by atoms with van der Waals surface area (Å²) in [5, 5.41) is 8.88. The van der Waals surface area contributed by atoms with Gasteiger partial charge in [0.05, 0.1) is 17.2 Å². The third-order valence-electron chi connectivity index (χ3n) is 4.27. The monoisotopic (exact) mass is 368 g/mol. The second kappa shape index (κ2) is 7.98. The van der Waals surface area contributed by atoms with Crippen molar-refractivity contribution in [2.45, 2.75) is 58.4 Å². The Bertz CT molecular complexity index is 691. The average Bonchev–Trinajstić information content (AvgIpc) is 3.38. The number of nitriles is 1. The zero-order valence-corrected chi connectivity index (χ0v) is 15.1. The van der Waals surface area contributed by atoms with Crippen LogP contribution in [0.1, 0.15) is 51.2 Å². The molecule has 4 nitrogen and oxygen atoms in total. The van der Waals surface area contributed by atoms with Crippen molar-refractivity contribution >= 4 is 5.91 Å². The summed E-state index contributed by atoms with van der Waals surface area (Å²) < 4.78 is 45.1. The Balaban J connectivity index is 2.28. The van der Waals surface area contributed by atoms with Crippen LogP contribution in [-0.2, 0) is 11.0 Å². The summed E-state index contributed by atoms with van der Waals surface area (Å²) in [6.07, 6.45) is -3.20. The van der Waals surface area contributed by atoms with Crippen molar-refractivity contribution in [1.29, 1.82) is 5.26 Å². The van der Waals surface area contributed by atoms with Gasteiger partial charge in [-0.2, -0.15) is 18.4 Å². The average molecular weight is 368 g/mol. The number of halogens is 3. The molecule has 0 saturated heterocycles. The maximum absolute atomic E-state index is 13.1. The fourth-order valence-electron chi connectivity index (χ4n) is 2.89. The maximum Gasteiger partial charge on any atom is 0.417 e. The first-order valence-electron chi connectivity index (χ1n) is 8.75. The number of ether oxygens (including phenoxy) is 1. The van der Waals surface area contributed by atoms with Gasteiger partial charge in [-0.25, -0.2) is 0 Å². The van der Waals surface area contributed by atoms with Crippen LogP contribution in [0.25, 0.3) is 0 Å². The van der Waals surface area contributed by atoms with E-state index in [-0.39, 0.29) is 23.6 Å². The highest BCUT2D eigenvalue weighted by Crippen LogP contribution is 2.35. The molecule has 0 spiro atoms. The van der Waals surface area contributed by atoms with Crippen molar-refractivity contribution < 1.29 is 22.7 Å². The van der Waals surface area contributed by atoms with Crippen molar-refractivity contribution in [1.82, 2.24) is 4.90 Å². The van der Waals surface area contributed by atoms with Gasteiger partial charge in [-0.05, 0) is 50.3 Å². The number of hydrogen-bond donors (Lipinski definition) is 0. The molecule has 1 amide bonds. The fourth-order valence-corrected chi connectivity index (χ4v) is 2.89. The molecule has 1 atom stereocenters. The Morgan fingerprint density at radius 2 is 2.04 bits per heavy atom. The van der Waals surface area contributed by atoms with E-state index in [4.69, 9.17) is 10.00 Å². The van der Waals surface area contributed by atoms with E-state index in [9.17, 15) is 18.0 Å². The van der Waals surface area contributed by atoms with E-state index < -0.39 is 23.4 Å². The molecule has 0 bridgehead atoms. The Kier molecular flexibility index (Phi) is 6.17. The third-order valence-corrected chi connectivity index (χ3v) is 4.27. The molecule has 0 N–H and O–H groups in total. The number of alkyl halides is 3. The van der Waals surface area contributed by atoms with Gasteiger partial charge in [0.15, 0.2) is 6.10 Å². The van der Waals surface area contributed by atoms with E-state index in [0.29, 0.717) is 13.0 Å². The lowest BCUT2D eigenvalue weighted by Crippen LogP contribution is -2.43. The number of rotatable bonds is 7. The van der Waals surface area contributed by atoms with Crippen molar-refractivity contribution in [2.24, 2.45) is 5.92 Å². The number of benzene rings is 1. The molecule has 2 rings (SSSR count). The summed E-state index contributed by atoms with van der Waals surface area (Å²) in [5.74, 6) is -0.105. The first-order valence-corrected chi connectivity index (χ1v) is 8.75. The zero-order valence-electron chi connectivity index (χ0n) is 15.1. The van der Waals surface area contributed by atoms with Crippen molar-refractivity contribution in [3.05, 3.63) is 29.3 Å². The van der Waals surface area contributed by atoms with Gasteiger partial charge in [-0.3, -0.25) is 4.79 Å². The van der Waals surface area contributed by atoms with Crippen LogP contribution in [-0.4, -0.2) is 29.5 Å². The Morgan fingerprint density at radius 1 is 1.38 bits per heavy atom. The van der Waals surface area contributed by atoms with Crippen molar-refractivity contribution in [3.8, 4) is 11.8 Å². The molecule has 1 aliphatic rings. The van der Waals surface area contributed by atoms with E-state index in [1.807, 2.05) is 20.8 Å². The summed E-state index contributed by atoms with van der Waals surface area (Å²) in [6.45, 7) is 6.28. The molecule has 1 aromatic rings. The van der Waals surface area contributed by atoms with Gasteiger partial charge in [-0.1, -0.05) is 13.8 Å². The Morgan fingerprint density at radius 3 is 2.50 bits per heavy atom. The van der Waals surface area contributed by atoms with Gasteiger partial charge in [0.1, 0.15) is 5.75 Å². The van der Waals surface area contributed by atoms with Gasteiger partial charge in [-0.15, -0.1) is 0 Å². The van der Waals surface area contributed by atoms with Gasteiger partial charge < -0.3 is 9.64 Å². The quantitative estimate of drug-likeness (QED) is 0.718. The lowest BCUT2D eigenvalue weighted by Gasteiger charge is -2.28. The smallest absolute Gasteiger partial charge is 0.417 e. The second-order valence-electron chi connectivity index (χ2n) is 6.91. The molecule has 0 aliphatic heterocycles. The van der Waals surface area contributed by atoms with Gasteiger partial charge >= 0.3 is 6.18 Å². The molecule has 0 heterocycles. The van der Waals surface area contributed by atoms with Crippen molar-refractivity contribution in [3.63, 3.8) is 0 Å². The summed E-state index contributed by atoms with van der Waals surface area (Å²) in [6, 6.07) is 4.93. The highest BCUT2D eigenvalue weighted by molar-refractivity contribution is 5.82. The van der Waals surface area contributed by atoms with Crippen LogP contribution in [0.15, 0.2) is 18.2 Å². The summed E-state index contributed by atoms with van der Waals surface area (Å²) in [5.41, 5.74) is -1.52. The van der Waals surface area contributed by atoms with E-state index in [1.54, 1.807) is 4.90 Å². The number of carbonyl (C=O) groups excluding carboxylic acids is 1. The van der Waals surface area contributed by atoms with Crippen LogP contribution in [0.3, 0.4) is 0 Å². The summed E-state index contributed by atoms with van der Waals surface area (Å²) >= 11 is 0. The van der Waals surface area contributed by atoms with E-state index in [1.165, 1.54) is 12.1 Å². The number of amides is 1. The maximum atomic E-state index is 13.1. The molecule has 7 heteroatoms. The number of hydrogen-bond acceptors (Lipinski definition) is 3. The molecule has 1 saturated carbocycles. The van der Waals surface area contributed by atoms with E-state index >= 15 is 0 Å². The molecule has 0 aromatic heterocycles. The molecule has 0 radical (unpaired) electrons. The fraction of sp³-hybridized carbons (Fsp3) is 0.579. The number of nitrogens with zero attached hydrogens (tertiary/aromatic N) is 2. The zero-order chi connectivity index (χ0) is 19.5. The molecule has 142 valence electrons. The van der Waals surface area contributed by atoms with Gasteiger partial charge in [0.2, 0.25) is 0 Å². The first kappa shape index (κ1) is 20.1. The van der Waals surface area contributed by atoms with Gasteiger partial charge in [0.25, 0.3) is 5.91 Å². The summed E-state index contributed by atoms with van der Waals surface area (Å²) in [4.78, 5) is 14.6. The lowest BCUT2D eigenvalue weighted by atomic mass is 10.0. The normalized spacial score (nSPS) is 15.5. The Labute approximate surface area is 151 Å². The highest BCUT2D eigenvalue weighted by Gasteiger charge is 2.37. The lowest BCUT2D eigenvalue weighted by molar-refractivity contribution is -0.140. The molecule has 1 aliphatic carbocycles. The largest absolute Gasteiger partial charge is 0.481 e. The predicted octanol–water partition coefficient (Wildman–Crippen LogP) is 4.38. The molecule has 1 aromatic carbocycles. The molecular formula is C19H23F3N2O2. The minimum atomic E-state index is -4.66. The molecule has 26 heavy (non-hydrogen) atoms. The van der Waals surface area contributed by atoms with Crippen LogP contribution in [0.5, 0.6) is 5.75 Å². The first-order chi connectivity index (χ1) is 12.2. The van der Waals surface area contributed by atoms with E-state index in [0.717, 1.165) is 25.0 Å². The van der Waals surface area contributed by atoms with E-state index in [2.05, 4.69) is 0 Å². The van der Waals surface area contributed by atoms with Crippen LogP contribution < -0.4 is 4.74 Å². The second-order valence-corrected chi connectivity index (χ2v) is 6.91. The molecule has 1 fully saturated rings. The topological polar surface area (TPSA) is 53.3 Å². The molecule has 1 unspecified atom stereocenters. The number of carbonyl (C=O) groups is 1. The predicted molar refractivity (Wildman–Crippen MR) is 90.4 cm³/mol. The van der Waals surface area contributed by atoms with Crippen LogP contribution in [0.2, 0.25) is 0 Å². The highest BCUT2D eigenvalue weighted by atomic mass is 19.4. The molecular weight excluding hydrogens is 345 g/mol. The number of likely N-dealkylation sites (N-methyl/N-ethyl adjacent to an activating group) is 1. The van der Waals surface area contributed by atoms with Crippen LogP contribution in [0, 0.1) is 17.2 Å². The van der Waals surface area contributed by atoms with Crippen molar-refractivity contribution in [2.75, 3.05) is 6.54 Å². The standard InChI is InChI=1S/C19H23F3N2O2/c1-4-24(14-6-7-14)18(25)17(9-12(2)3)26-15-8-5-13(11-23)16(10-15)19(20,21)22/h5,8,10,12,14,17H,4,6-7,9H2,1-3H3. The summed E-state index contributed by atoms with van der Waals surface area (Å²) in [7, 11) is 0. The third kappa shape index (κ3) is 4.90. The van der Waals surface area contributed by atoms with Gasteiger partial charge in [0, 0.05) is 12.6 Å². The Hall–Kier alpha value is -2.23. The van der Waals surface area contributed by atoms with Crippen LogP contribution >= 0.6 is 0 Å². The minimum Gasteiger partial charge on any atom is -0.481 e.